The van der Waals surface area contributed by atoms with E-state index in [1.165, 1.54) is 19.2 Å². The molecule has 0 bridgehead atoms. The molecule has 0 spiro atoms. The number of carbonyl (C=O) groups excluding carboxylic acids is 2. The molecule has 8 heteroatoms. The summed E-state index contributed by atoms with van der Waals surface area (Å²) in [5.41, 5.74) is 0.775. The lowest BCUT2D eigenvalue weighted by molar-refractivity contribution is -0.123. The van der Waals surface area contributed by atoms with Gasteiger partial charge in [0.25, 0.3) is 0 Å². The Labute approximate surface area is 135 Å². The summed E-state index contributed by atoms with van der Waals surface area (Å²) in [7, 11) is -2.38. The fourth-order valence-electron chi connectivity index (χ4n) is 1.94. The molecule has 0 aliphatic heterocycles. The van der Waals surface area contributed by atoms with Crippen molar-refractivity contribution >= 4 is 19.5 Å². The van der Waals surface area contributed by atoms with E-state index in [0.29, 0.717) is 0 Å². The van der Waals surface area contributed by atoms with Gasteiger partial charge >= 0.3 is 13.7 Å². The predicted octanol–water partition coefficient (Wildman–Crippen LogP) is 2.37. The maximum atomic E-state index is 12.2. The van der Waals surface area contributed by atoms with E-state index in [1.54, 1.807) is 26.0 Å². The largest absolute Gasteiger partial charge is 0.453 e. The van der Waals surface area contributed by atoms with Gasteiger partial charge in [-0.25, -0.2) is 9.36 Å². The van der Waals surface area contributed by atoms with E-state index in [4.69, 9.17) is 4.52 Å². The van der Waals surface area contributed by atoms with Crippen LogP contribution in [0.1, 0.15) is 19.4 Å². The van der Waals surface area contributed by atoms with Crippen molar-refractivity contribution in [3.05, 3.63) is 29.8 Å². The first kappa shape index (κ1) is 19.2. The van der Waals surface area contributed by atoms with Gasteiger partial charge in [0.2, 0.25) is 0 Å². The van der Waals surface area contributed by atoms with E-state index in [2.05, 4.69) is 10.1 Å². The predicted molar refractivity (Wildman–Crippen MR) is 85.7 cm³/mol. The number of rotatable bonds is 7. The summed E-state index contributed by atoms with van der Waals surface area (Å²) >= 11 is 0. The summed E-state index contributed by atoms with van der Waals surface area (Å²) in [6, 6.07) is 5.71. The molecule has 1 rings (SSSR count). The van der Waals surface area contributed by atoms with Gasteiger partial charge in [-0.1, -0.05) is 26.0 Å². The van der Waals surface area contributed by atoms with E-state index in [1.807, 2.05) is 0 Å². The zero-order chi connectivity index (χ0) is 17.6. The van der Waals surface area contributed by atoms with Crippen molar-refractivity contribution in [1.82, 2.24) is 5.32 Å². The number of hydrogen-bond acceptors (Lipinski definition) is 5. The SMILES string of the molecule is COC(=O)NC(Cc1ccc(OP(C)(=O)O)cc1)C(=O)C(C)C. The molecule has 2 unspecified atom stereocenters. The fourth-order valence-corrected chi connectivity index (χ4v) is 2.46. The normalized spacial score (nSPS) is 14.7. The number of methoxy groups -OCH3 is 1. The fraction of sp³-hybridized carbons (Fsp3) is 0.467. The highest BCUT2D eigenvalue weighted by atomic mass is 31.2. The van der Waals surface area contributed by atoms with Gasteiger partial charge in [-0.05, 0) is 24.1 Å². The Morgan fingerprint density at radius 3 is 2.26 bits per heavy atom. The van der Waals surface area contributed by atoms with Crippen LogP contribution in [0.25, 0.3) is 0 Å². The first-order valence-electron chi connectivity index (χ1n) is 7.09. The average Bonchev–Trinajstić information content (AvgIpc) is 2.45. The minimum atomic E-state index is -3.61. The molecule has 128 valence electrons. The molecule has 2 atom stereocenters. The Morgan fingerprint density at radius 1 is 1.26 bits per heavy atom. The summed E-state index contributed by atoms with van der Waals surface area (Å²) < 4.78 is 20.6. The summed E-state index contributed by atoms with van der Waals surface area (Å²) in [4.78, 5) is 32.7. The van der Waals surface area contributed by atoms with Crippen LogP contribution in [0.15, 0.2) is 24.3 Å². The number of amides is 1. The molecule has 2 N–H and O–H groups in total. The lowest BCUT2D eigenvalue weighted by Crippen LogP contribution is -2.44. The molecule has 23 heavy (non-hydrogen) atoms. The Hall–Kier alpha value is -1.85. The Kier molecular flexibility index (Phi) is 6.79. The van der Waals surface area contributed by atoms with Crippen molar-refractivity contribution in [2.45, 2.75) is 26.3 Å². The highest BCUT2D eigenvalue weighted by molar-refractivity contribution is 7.52. The third-order valence-corrected chi connectivity index (χ3v) is 3.58. The topological polar surface area (TPSA) is 102 Å². The zero-order valence-corrected chi connectivity index (χ0v) is 14.5. The summed E-state index contributed by atoms with van der Waals surface area (Å²) in [6.45, 7) is 4.61. The first-order valence-corrected chi connectivity index (χ1v) is 9.12. The number of ketones is 1. The Bertz CT molecular complexity index is 592. The van der Waals surface area contributed by atoms with Crippen LogP contribution >= 0.6 is 7.60 Å². The minimum Gasteiger partial charge on any atom is -0.453 e. The number of alkyl carbamates (subject to hydrolysis) is 1. The number of nitrogens with one attached hydrogen (secondary N) is 1. The molecule has 0 saturated carbocycles. The number of benzene rings is 1. The molecular formula is C15H22NO6P. The number of hydrogen-bond donors (Lipinski definition) is 2. The molecule has 1 aromatic rings. The van der Waals surface area contributed by atoms with Crippen molar-refractivity contribution in [2.75, 3.05) is 13.8 Å². The quantitative estimate of drug-likeness (QED) is 0.737. The minimum absolute atomic E-state index is 0.107. The molecule has 0 fully saturated rings. The molecule has 0 aliphatic rings. The lowest BCUT2D eigenvalue weighted by atomic mass is 9.96. The van der Waals surface area contributed by atoms with Crippen LogP contribution in [0.4, 0.5) is 4.79 Å². The summed E-state index contributed by atoms with van der Waals surface area (Å²) in [6.07, 6.45) is -0.383. The third-order valence-electron chi connectivity index (χ3n) is 3.03. The highest BCUT2D eigenvalue weighted by Crippen LogP contribution is 2.37. The zero-order valence-electron chi connectivity index (χ0n) is 13.6. The van der Waals surface area contributed by atoms with Crippen LogP contribution in [-0.4, -0.2) is 36.6 Å². The van der Waals surface area contributed by atoms with Gasteiger partial charge < -0.3 is 19.5 Å². The molecule has 1 amide bonds. The molecule has 1 aromatic carbocycles. The van der Waals surface area contributed by atoms with E-state index >= 15 is 0 Å². The van der Waals surface area contributed by atoms with Crippen LogP contribution in [0.5, 0.6) is 5.75 Å². The van der Waals surface area contributed by atoms with Crippen LogP contribution in [0.2, 0.25) is 0 Å². The maximum absolute atomic E-state index is 12.2. The molecule has 0 aliphatic carbocycles. The molecule has 0 radical (unpaired) electrons. The van der Waals surface area contributed by atoms with Crippen molar-refractivity contribution in [3.8, 4) is 5.75 Å². The smallest absolute Gasteiger partial charge is 0.407 e. The van der Waals surface area contributed by atoms with E-state index in [9.17, 15) is 19.0 Å². The molecule has 7 nitrogen and oxygen atoms in total. The van der Waals surface area contributed by atoms with Gasteiger partial charge in [0.1, 0.15) is 5.75 Å². The van der Waals surface area contributed by atoms with Gasteiger partial charge in [0, 0.05) is 12.6 Å². The van der Waals surface area contributed by atoms with E-state index in [-0.39, 0.29) is 23.9 Å². The van der Waals surface area contributed by atoms with E-state index < -0.39 is 19.7 Å². The summed E-state index contributed by atoms with van der Waals surface area (Å²) in [5, 5.41) is 2.52. The van der Waals surface area contributed by atoms with Crippen LogP contribution < -0.4 is 9.84 Å². The molecule has 0 saturated heterocycles. The van der Waals surface area contributed by atoms with E-state index in [0.717, 1.165) is 12.2 Å². The lowest BCUT2D eigenvalue weighted by Gasteiger charge is -2.19. The Balaban J connectivity index is 2.84. The van der Waals surface area contributed by atoms with Crippen LogP contribution in [0.3, 0.4) is 0 Å². The number of ether oxygens (including phenoxy) is 1. The highest BCUT2D eigenvalue weighted by Gasteiger charge is 2.24. The summed E-state index contributed by atoms with van der Waals surface area (Å²) in [5.74, 6) is -0.0842. The standard InChI is InChI=1S/C15H22NO6P/c1-10(2)14(17)13(16-15(18)21-3)9-11-5-7-12(8-6-11)22-23(4,19)20/h5-8,10,13H,9H2,1-4H3,(H,16,18)(H,19,20). The second-order valence-corrected chi connectivity index (χ2v) is 7.28. The van der Waals surface area contributed by atoms with Crippen molar-refractivity contribution < 1.29 is 28.3 Å². The second-order valence-electron chi connectivity index (χ2n) is 5.49. The number of Topliss-reactive ketones (excluding diaryl/α,β-unsaturated/α-hetero) is 1. The van der Waals surface area contributed by atoms with Crippen LogP contribution in [0, 0.1) is 5.92 Å². The monoisotopic (exact) mass is 343 g/mol. The van der Waals surface area contributed by atoms with Gasteiger partial charge in [-0.2, -0.15) is 0 Å². The first-order chi connectivity index (χ1) is 10.6. The van der Waals surface area contributed by atoms with Crippen molar-refractivity contribution in [2.24, 2.45) is 5.92 Å². The van der Waals surface area contributed by atoms with Crippen molar-refractivity contribution in [3.63, 3.8) is 0 Å². The van der Waals surface area contributed by atoms with Gasteiger partial charge in [-0.15, -0.1) is 0 Å². The average molecular weight is 343 g/mol. The molecule has 0 heterocycles. The van der Waals surface area contributed by atoms with Gasteiger partial charge in [0.15, 0.2) is 5.78 Å². The second kappa shape index (κ2) is 8.13. The molecule has 0 aromatic heterocycles. The van der Waals surface area contributed by atoms with Gasteiger partial charge in [0.05, 0.1) is 13.2 Å². The Morgan fingerprint density at radius 2 is 1.83 bits per heavy atom. The number of carbonyl (C=O) groups is 2. The van der Waals surface area contributed by atoms with Crippen molar-refractivity contribution in [1.29, 1.82) is 0 Å². The molecular weight excluding hydrogens is 321 g/mol. The maximum Gasteiger partial charge on any atom is 0.407 e. The van der Waals surface area contributed by atoms with Gasteiger partial charge in [-0.3, -0.25) is 4.79 Å². The van der Waals surface area contributed by atoms with Crippen LogP contribution in [-0.2, 0) is 20.5 Å². The third kappa shape index (κ3) is 6.84.